The summed E-state index contributed by atoms with van der Waals surface area (Å²) in [7, 11) is 2.17. The number of hydrogen-bond acceptors (Lipinski definition) is 4. The fourth-order valence-corrected chi connectivity index (χ4v) is 2.45. The molecule has 4 nitrogen and oxygen atoms in total. The van der Waals surface area contributed by atoms with Crippen LogP contribution in [0.4, 0.5) is 5.69 Å². The van der Waals surface area contributed by atoms with Crippen LogP contribution >= 0.6 is 11.6 Å². The number of nitrogens with two attached hydrogens (primary N) is 1. The van der Waals surface area contributed by atoms with Gasteiger partial charge in [-0.3, -0.25) is 0 Å². The third-order valence-corrected chi connectivity index (χ3v) is 3.70. The molecule has 0 spiro atoms. The standard InChI is InChI=1S/C13H20ClN3O/c1-17-5-2-10(3-6-17)4-7-18-13-12(14)8-11(15)9-16-13/h8-10H,2-7,15H2,1H3. The lowest BCUT2D eigenvalue weighted by molar-refractivity contribution is 0.185. The molecule has 1 aromatic heterocycles. The summed E-state index contributed by atoms with van der Waals surface area (Å²) in [4.78, 5) is 6.46. The van der Waals surface area contributed by atoms with Gasteiger partial charge < -0.3 is 15.4 Å². The fraction of sp³-hybridized carbons (Fsp3) is 0.615. The average Bonchev–Trinajstić information content (AvgIpc) is 2.34. The number of pyridine rings is 1. The Morgan fingerprint density at radius 3 is 2.89 bits per heavy atom. The molecule has 2 rings (SSSR count). The first-order valence-electron chi connectivity index (χ1n) is 6.37. The van der Waals surface area contributed by atoms with Gasteiger partial charge in [0, 0.05) is 0 Å². The second kappa shape index (κ2) is 6.25. The first-order valence-corrected chi connectivity index (χ1v) is 6.75. The lowest BCUT2D eigenvalue weighted by atomic mass is 9.94. The minimum atomic E-state index is 0.485. The topological polar surface area (TPSA) is 51.4 Å². The van der Waals surface area contributed by atoms with Crippen LogP contribution in [0.25, 0.3) is 0 Å². The molecule has 0 unspecified atom stereocenters. The zero-order valence-electron chi connectivity index (χ0n) is 10.7. The van der Waals surface area contributed by atoms with Crippen molar-refractivity contribution < 1.29 is 4.74 Å². The van der Waals surface area contributed by atoms with E-state index in [1.165, 1.54) is 25.9 Å². The van der Waals surface area contributed by atoms with Gasteiger partial charge in [0.25, 0.3) is 0 Å². The quantitative estimate of drug-likeness (QED) is 0.912. The lowest BCUT2D eigenvalue weighted by Crippen LogP contribution is -2.30. The molecule has 1 fully saturated rings. The molecule has 1 aliphatic rings. The van der Waals surface area contributed by atoms with Crippen LogP contribution in [-0.4, -0.2) is 36.6 Å². The summed E-state index contributed by atoms with van der Waals surface area (Å²) < 4.78 is 5.61. The maximum Gasteiger partial charge on any atom is 0.232 e. The highest BCUT2D eigenvalue weighted by atomic mass is 35.5. The minimum Gasteiger partial charge on any atom is -0.477 e. The van der Waals surface area contributed by atoms with E-state index in [0.29, 0.717) is 23.2 Å². The summed E-state index contributed by atoms with van der Waals surface area (Å²) in [5, 5.41) is 0.485. The molecular weight excluding hydrogens is 250 g/mol. The molecule has 100 valence electrons. The Kier molecular flexibility index (Phi) is 4.66. The average molecular weight is 270 g/mol. The molecule has 5 heteroatoms. The van der Waals surface area contributed by atoms with Gasteiger partial charge in [-0.15, -0.1) is 0 Å². The summed E-state index contributed by atoms with van der Waals surface area (Å²) in [6, 6.07) is 1.67. The molecule has 2 N–H and O–H groups in total. The van der Waals surface area contributed by atoms with Crippen molar-refractivity contribution in [3.05, 3.63) is 17.3 Å². The molecule has 0 aliphatic carbocycles. The Bertz CT molecular complexity index is 392. The van der Waals surface area contributed by atoms with Gasteiger partial charge in [-0.1, -0.05) is 11.6 Å². The number of nitrogens with zero attached hydrogens (tertiary/aromatic N) is 2. The number of anilines is 1. The third-order valence-electron chi connectivity index (χ3n) is 3.43. The van der Waals surface area contributed by atoms with Crippen molar-refractivity contribution >= 4 is 17.3 Å². The number of rotatable bonds is 4. The lowest BCUT2D eigenvalue weighted by Gasteiger charge is -2.28. The van der Waals surface area contributed by atoms with E-state index in [0.717, 1.165) is 12.3 Å². The van der Waals surface area contributed by atoms with Crippen LogP contribution in [0.1, 0.15) is 19.3 Å². The molecular formula is C13H20ClN3O. The first kappa shape index (κ1) is 13.4. The van der Waals surface area contributed by atoms with Gasteiger partial charge in [0.2, 0.25) is 5.88 Å². The van der Waals surface area contributed by atoms with Crippen molar-refractivity contribution in [1.82, 2.24) is 9.88 Å². The van der Waals surface area contributed by atoms with Crippen LogP contribution < -0.4 is 10.5 Å². The van der Waals surface area contributed by atoms with Crippen molar-refractivity contribution in [2.24, 2.45) is 5.92 Å². The highest BCUT2D eigenvalue weighted by Crippen LogP contribution is 2.24. The second-order valence-electron chi connectivity index (χ2n) is 4.94. The van der Waals surface area contributed by atoms with E-state index < -0.39 is 0 Å². The summed E-state index contributed by atoms with van der Waals surface area (Å²) in [6.07, 6.45) is 5.14. The Morgan fingerprint density at radius 1 is 1.50 bits per heavy atom. The predicted molar refractivity (Wildman–Crippen MR) is 74.0 cm³/mol. The molecule has 1 saturated heterocycles. The van der Waals surface area contributed by atoms with Crippen LogP contribution in [0.5, 0.6) is 5.88 Å². The molecule has 18 heavy (non-hydrogen) atoms. The van der Waals surface area contributed by atoms with Gasteiger partial charge in [0.05, 0.1) is 18.5 Å². The summed E-state index contributed by atoms with van der Waals surface area (Å²) in [5.41, 5.74) is 6.14. The summed E-state index contributed by atoms with van der Waals surface area (Å²) in [5.74, 6) is 1.24. The van der Waals surface area contributed by atoms with Crippen molar-refractivity contribution in [2.45, 2.75) is 19.3 Å². The van der Waals surface area contributed by atoms with Crippen molar-refractivity contribution in [1.29, 1.82) is 0 Å². The SMILES string of the molecule is CN1CCC(CCOc2ncc(N)cc2Cl)CC1. The molecule has 0 radical (unpaired) electrons. The van der Waals surface area contributed by atoms with Crippen molar-refractivity contribution in [2.75, 3.05) is 32.5 Å². The van der Waals surface area contributed by atoms with E-state index in [9.17, 15) is 0 Å². The smallest absolute Gasteiger partial charge is 0.232 e. The fourth-order valence-electron chi connectivity index (χ4n) is 2.22. The van der Waals surface area contributed by atoms with E-state index in [4.69, 9.17) is 22.1 Å². The van der Waals surface area contributed by atoms with Crippen LogP contribution in [-0.2, 0) is 0 Å². The normalized spacial score (nSPS) is 17.9. The number of aromatic nitrogens is 1. The van der Waals surface area contributed by atoms with Gasteiger partial charge in [0.1, 0.15) is 5.02 Å². The molecule has 0 aromatic carbocycles. The van der Waals surface area contributed by atoms with E-state index >= 15 is 0 Å². The number of halogens is 1. The van der Waals surface area contributed by atoms with Crippen molar-refractivity contribution in [3.63, 3.8) is 0 Å². The second-order valence-corrected chi connectivity index (χ2v) is 5.35. The number of hydrogen-bond donors (Lipinski definition) is 1. The van der Waals surface area contributed by atoms with E-state index in [1.54, 1.807) is 12.3 Å². The van der Waals surface area contributed by atoms with Gasteiger partial charge >= 0.3 is 0 Å². The molecule has 1 aliphatic heterocycles. The Labute approximate surface area is 113 Å². The Morgan fingerprint density at radius 2 is 2.22 bits per heavy atom. The van der Waals surface area contributed by atoms with Crippen LogP contribution in [0.15, 0.2) is 12.3 Å². The van der Waals surface area contributed by atoms with Crippen LogP contribution in [0, 0.1) is 5.92 Å². The predicted octanol–water partition coefficient (Wildman–Crippen LogP) is 2.43. The van der Waals surface area contributed by atoms with Gasteiger partial charge in [0.15, 0.2) is 0 Å². The maximum absolute atomic E-state index is 6.00. The van der Waals surface area contributed by atoms with Crippen LogP contribution in [0.2, 0.25) is 5.02 Å². The zero-order chi connectivity index (χ0) is 13.0. The third kappa shape index (κ3) is 3.75. The Hall–Kier alpha value is -1.00. The number of nitrogen functional groups attached to an aromatic ring is 1. The van der Waals surface area contributed by atoms with Crippen LogP contribution in [0.3, 0.4) is 0 Å². The molecule has 0 amide bonds. The zero-order valence-corrected chi connectivity index (χ0v) is 11.5. The maximum atomic E-state index is 6.00. The molecule has 0 saturated carbocycles. The minimum absolute atomic E-state index is 0.485. The number of ether oxygens (including phenoxy) is 1. The number of likely N-dealkylation sites (tertiary alicyclic amines) is 1. The van der Waals surface area contributed by atoms with E-state index in [1.807, 2.05) is 0 Å². The molecule has 1 aromatic rings. The highest BCUT2D eigenvalue weighted by molar-refractivity contribution is 6.32. The van der Waals surface area contributed by atoms with Crippen molar-refractivity contribution in [3.8, 4) is 5.88 Å². The monoisotopic (exact) mass is 269 g/mol. The molecule has 0 atom stereocenters. The summed E-state index contributed by atoms with van der Waals surface area (Å²) in [6.45, 7) is 3.04. The van der Waals surface area contributed by atoms with Gasteiger partial charge in [-0.05, 0) is 51.4 Å². The number of piperidine rings is 1. The van der Waals surface area contributed by atoms with Gasteiger partial charge in [-0.2, -0.15) is 0 Å². The first-order chi connectivity index (χ1) is 8.65. The van der Waals surface area contributed by atoms with E-state index in [2.05, 4.69) is 16.9 Å². The molecule has 0 bridgehead atoms. The largest absolute Gasteiger partial charge is 0.477 e. The van der Waals surface area contributed by atoms with Gasteiger partial charge in [-0.25, -0.2) is 4.98 Å². The Balaban J connectivity index is 1.75. The highest BCUT2D eigenvalue weighted by Gasteiger charge is 2.16. The summed E-state index contributed by atoms with van der Waals surface area (Å²) >= 11 is 6.00. The van der Waals surface area contributed by atoms with E-state index in [-0.39, 0.29) is 0 Å². The molecule has 2 heterocycles.